The van der Waals surface area contributed by atoms with Crippen LogP contribution >= 0.6 is 0 Å². The van der Waals surface area contributed by atoms with Gasteiger partial charge in [-0.15, -0.1) is 0 Å². The zero-order valence-electron chi connectivity index (χ0n) is 18.3. The van der Waals surface area contributed by atoms with Crippen LogP contribution in [-0.2, 0) is 9.59 Å². The number of piperidine rings is 1. The van der Waals surface area contributed by atoms with Crippen LogP contribution in [0.4, 0.5) is 0 Å². The molecule has 31 heavy (non-hydrogen) atoms. The predicted molar refractivity (Wildman–Crippen MR) is 121 cm³/mol. The smallest absolute Gasteiger partial charge is 0.257 e. The second kappa shape index (κ2) is 9.02. The van der Waals surface area contributed by atoms with E-state index in [9.17, 15) is 9.59 Å². The van der Waals surface area contributed by atoms with Gasteiger partial charge in [0.1, 0.15) is 0 Å². The van der Waals surface area contributed by atoms with Gasteiger partial charge in [-0.3, -0.25) is 14.5 Å². The van der Waals surface area contributed by atoms with Gasteiger partial charge in [-0.25, -0.2) is 5.01 Å². The summed E-state index contributed by atoms with van der Waals surface area (Å²) in [5.74, 6) is -0.326. The summed E-state index contributed by atoms with van der Waals surface area (Å²) < 4.78 is 0. The Morgan fingerprint density at radius 2 is 1.77 bits per heavy atom. The number of rotatable bonds is 5. The fraction of sp³-hybridized carbons (Fsp3) is 0.400. The lowest BCUT2D eigenvalue weighted by molar-refractivity contribution is -0.134. The lowest BCUT2D eigenvalue weighted by Crippen LogP contribution is -2.43. The summed E-state index contributed by atoms with van der Waals surface area (Å²) in [4.78, 5) is 26.8. The number of benzene rings is 2. The molecule has 0 bridgehead atoms. The van der Waals surface area contributed by atoms with Gasteiger partial charge in [0.25, 0.3) is 5.91 Å². The molecule has 2 aromatic carbocycles. The average molecular weight is 419 g/mol. The Bertz CT molecular complexity index is 994. The van der Waals surface area contributed by atoms with E-state index in [1.54, 1.807) is 5.01 Å². The molecule has 2 aromatic rings. The molecule has 0 aliphatic carbocycles. The van der Waals surface area contributed by atoms with Crippen LogP contribution in [0.2, 0.25) is 0 Å². The topological polar surface area (TPSA) is 79.0 Å². The molecule has 2 heterocycles. The fourth-order valence-corrected chi connectivity index (χ4v) is 4.61. The summed E-state index contributed by atoms with van der Waals surface area (Å²) in [6, 6.07) is 16.4. The van der Waals surface area contributed by atoms with E-state index in [0.29, 0.717) is 38.9 Å². The number of aryl methyl sites for hydroxylation is 2. The van der Waals surface area contributed by atoms with E-state index in [2.05, 4.69) is 49.1 Å². The number of hydrogen-bond donors (Lipinski definition) is 1. The Kier molecular flexibility index (Phi) is 6.18. The maximum Gasteiger partial charge on any atom is 0.257 e. The van der Waals surface area contributed by atoms with Crippen molar-refractivity contribution in [2.24, 2.45) is 16.8 Å². The summed E-state index contributed by atoms with van der Waals surface area (Å²) in [7, 11) is 0. The number of primary amides is 1. The van der Waals surface area contributed by atoms with Crippen molar-refractivity contribution < 1.29 is 9.59 Å². The number of carbonyl (C=O) groups is 2. The molecule has 2 amide bonds. The summed E-state index contributed by atoms with van der Waals surface area (Å²) in [5.41, 5.74) is 11.0. The molecule has 6 heteroatoms. The molecule has 2 aliphatic heterocycles. The van der Waals surface area contributed by atoms with E-state index >= 15 is 0 Å². The van der Waals surface area contributed by atoms with Gasteiger partial charge in [0, 0.05) is 17.9 Å². The number of hydrazone groups is 1. The normalized spacial score (nSPS) is 20.0. The van der Waals surface area contributed by atoms with Gasteiger partial charge in [-0.05, 0) is 50.9 Å². The predicted octanol–water partition coefficient (Wildman–Crippen LogP) is 3.18. The Labute approximate surface area is 183 Å². The van der Waals surface area contributed by atoms with Crippen LogP contribution in [0.1, 0.15) is 47.6 Å². The van der Waals surface area contributed by atoms with Gasteiger partial charge >= 0.3 is 0 Å². The highest BCUT2D eigenvalue weighted by Gasteiger charge is 2.34. The number of carbonyl (C=O) groups excluding carboxylic acids is 2. The first-order valence-electron chi connectivity index (χ1n) is 11.0. The van der Waals surface area contributed by atoms with Crippen molar-refractivity contribution in [2.75, 3.05) is 19.6 Å². The lowest BCUT2D eigenvalue weighted by Gasteiger charge is -2.31. The van der Waals surface area contributed by atoms with Gasteiger partial charge in [-0.2, -0.15) is 5.10 Å². The molecule has 1 saturated heterocycles. The van der Waals surface area contributed by atoms with Crippen molar-refractivity contribution in [2.45, 2.75) is 39.2 Å². The van der Waals surface area contributed by atoms with E-state index in [1.807, 2.05) is 18.2 Å². The summed E-state index contributed by atoms with van der Waals surface area (Å²) in [5, 5.41) is 6.49. The van der Waals surface area contributed by atoms with Crippen molar-refractivity contribution in [1.82, 2.24) is 9.91 Å². The lowest BCUT2D eigenvalue weighted by atomic mass is 9.95. The molecule has 2 N–H and O–H groups in total. The van der Waals surface area contributed by atoms with Crippen LogP contribution in [-0.4, -0.2) is 47.1 Å². The van der Waals surface area contributed by atoms with Crippen LogP contribution in [0.15, 0.2) is 53.6 Å². The van der Waals surface area contributed by atoms with Gasteiger partial charge < -0.3 is 5.73 Å². The minimum absolute atomic E-state index is 0.00820. The van der Waals surface area contributed by atoms with E-state index < -0.39 is 0 Å². The highest BCUT2D eigenvalue weighted by Crippen LogP contribution is 2.33. The minimum atomic E-state index is -0.239. The number of nitrogens with zero attached hydrogens (tertiary/aromatic N) is 3. The van der Waals surface area contributed by atoms with Crippen LogP contribution in [0, 0.1) is 19.8 Å². The van der Waals surface area contributed by atoms with Gasteiger partial charge in [0.2, 0.25) is 5.91 Å². The molecule has 1 atom stereocenters. The zero-order chi connectivity index (χ0) is 22.0. The van der Waals surface area contributed by atoms with Crippen LogP contribution in [0.3, 0.4) is 0 Å². The molecule has 1 fully saturated rings. The number of amides is 2. The Morgan fingerprint density at radius 1 is 1.06 bits per heavy atom. The molecular formula is C25H30N4O2. The molecule has 1 unspecified atom stereocenters. The van der Waals surface area contributed by atoms with Crippen molar-refractivity contribution in [3.63, 3.8) is 0 Å². The third-order valence-electron chi connectivity index (χ3n) is 6.39. The highest BCUT2D eigenvalue weighted by molar-refractivity contribution is 6.04. The maximum atomic E-state index is 13.3. The molecule has 2 aliphatic rings. The molecule has 162 valence electrons. The second-order valence-electron chi connectivity index (χ2n) is 8.69. The standard InChI is InChI=1S/C25H30N4O2/c1-17-8-9-21(18(2)14-17)22-15-23(19-6-4-3-5-7-19)29(27-22)24(30)16-28-12-10-20(11-13-28)25(26)31/h3-9,14,20,23H,10-13,15-16H2,1-2H3,(H2,26,31). The van der Waals surface area contributed by atoms with Crippen LogP contribution in [0.25, 0.3) is 0 Å². The number of likely N-dealkylation sites (tertiary alicyclic amines) is 1. The largest absolute Gasteiger partial charge is 0.369 e. The SMILES string of the molecule is Cc1ccc(C2=NN(C(=O)CN3CCC(C(N)=O)CC3)C(c3ccccc3)C2)c(C)c1. The molecule has 0 aromatic heterocycles. The Hall–Kier alpha value is -2.99. The molecule has 0 radical (unpaired) electrons. The van der Waals surface area contributed by atoms with Gasteiger partial charge in [0.05, 0.1) is 18.3 Å². The summed E-state index contributed by atoms with van der Waals surface area (Å²) in [6.45, 7) is 5.89. The first-order chi connectivity index (χ1) is 14.9. The minimum Gasteiger partial charge on any atom is -0.369 e. The van der Waals surface area contributed by atoms with Crippen molar-refractivity contribution in [3.8, 4) is 0 Å². The summed E-state index contributed by atoms with van der Waals surface area (Å²) in [6.07, 6.45) is 2.12. The second-order valence-corrected chi connectivity index (χ2v) is 8.69. The quantitative estimate of drug-likeness (QED) is 0.810. The molecule has 6 nitrogen and oxygen atoms in total. The van der Waals surface area contributed by atoms with Crippen molar-refractivity contribution in [1.29, 1.82) is 0 Å². The van der Waals surface area contributed by atoms with Crippen LogP contribution in [0.5, 0.6) is 0 Å². The zero-order valence-corrected chi connectivity index (χ0v) is 18.3. The fourth-order valence-electron chi connectivity index (χ4n) is 4.61. The Morgan fingerprint density at radius 3 is 2.42 bits per heavy atom. The number of hydrogen-bond acceptors (Lipinski definition) is 4. The number of nitrogens with two attached hydrogens (primary N) is 1. The molecule has 0 spiro atoms. The van der Waals surface area contributed by atoms with Crippen molar-refractivity contribution >= 4 is 17.5 Å². The molecular weight excluding hydrogens is 388 g/mol. The van der Waals surface area contributed by atoms with Gasteiger partial charge in [-0.1, -0.05) is 54.1 Å². The third kappa shape index (κ3) is 4.69. The van der Waals surface area contributed by atoms with Gasteiger partial charge in [0.15, 0.2) is 0 Å². The van der Waals surface area contributed by atoms with Crippen LogP contribution < -0.4 is 5.73 Å². The summed E-state index contributed by atoms with van der Waals surface area (Å²) >= 11 is 0. The van der Waals surface area contributed by atoms with Crippen molar-refractivity contribution in [3.05, 3.63) is 70.8 Å². The van der Waals surface area contributed by atoms with E-state index in [1.165, 1.54) is 11.1 Å². The monoisotopic (exact) mass is 418 g/mol. The average Bonchev–Trinajstić information content (AvgIpc) is 3.20. The van der Waals surface area contributed by atoms with E-state index in [0.717, 1.165) is 16.8 Å². The Balaban J connectivity index is 1.55. The first-order valence-corrected chi connectivity index (χ1v) is 11.0. The maximum absolute atomic E-state index is 13.3. The molecule has 0 saturated carbocycles. The highest BCUT2D eigenvalue weighted by atomic mass is 16.2. The first kappa shape index (κ1) is 21.2. The molecule has 4 rings (SSSR count). The van der Waals surface area contributed by atoms with E-state index in [4.69, 9.17) is 10.8 Å². The third-order valence-corrected chi connectivity index (χ3v) is 6.39. The van der Waals surface area contributed by atoms with E-state index in [-0.39, 0.29) is 23.8 Å².